The third-order valence-electron chi connectivity index (χ3n) is 4.83. The third kappa shape index (κ3) is 2.98. The van der Waals surface area contributed by atoms with Crippen LogP contribution in [0, 0.1) is 12.8 Å². The number of hydrogen-bond acceptors (Lipinski definition) is 3. The van der Waals surface area contributed by atoms with Crippen LogP contribution in [-0.2, 0) is 20.7 Å². The number of ether oxygens (including phenoxy) is 1. The Hall–Kier alpha value is -1.88. The molecule has 2 heterocycles. The van der Waals surface area contributed by atoms with E-state index in [4.69, 9.17) is 4.74 Å². The predicted octanol–water partition coefficient (Wildman–Crippen LogP) is 2.66. The minimum atomic E-state index is -0.0858. The monoisotopic (exact) mass is 316 g/mol. The third-order valence-corrected chi connectivity index (χ3v) is 4.83. The Bertz CT molecular complexity index is 641. The fraction of sp³-hybridized carbons (Fsp3) is 0.556. The Balaban J connectivity index is 1.98. The van der Waals surface area contributed by atoms with E-state index in [-0.39, 0.29) is 23.8 Å². The summed E-state index contributed by atoms with van der Waals surface area (Å²) >= 11 is 0. The van der Waals surface area contributed by atoms with Gasteiger partial charge in [0, 0.05) is 25.8 Å². The summed E-state index contributed by atoms with van der Waals surface area (Å²) in [6, 6.07) is 3.91. The minimum absolute atomic E-state index is 0.0216. The van der Waals surface area contributed by atoms with E-state index in [1.807, 2.05) is 30.9 Å². The molecule has 5 nitrogen and oxygen atoms in total. The molecule has 0 aliphatic carbocycles. The molecule has 1 fully saturated rings. The van der Waals surface area contributed by atoms with Gasteiger partial charge in [-0.3, -0.25) is 9.59 Å². The van der Waals surface area contributed by atoms with E-state index in [2.05, 4.69) is 5.32 Å². The lowest BCUT2D eigenvalue weighted by molar-refractivity contribution is -0.123. The number of nitrogens with one attached hydrogen (secondary N) is 1. The number of amides is 2. The standard InChI is InChI=1S/C18H24N2O3/c1-11-6-7-16(19-13(3)21)15-5-4-9-20(17(11)15)18(22)14-8-10-23-12(14)2/h6-7,12,14H,4-5,8-10H2,1-3H3,(H,19,21). The minimum Gasteiger partial charge on any atom is -0.378 e. The first kappa shape index (κ1) is 16.0. The van der Waals surface area contributed by atoms with Crippen molar-refractivity contribution in [3.05, 3.63) is 23.3 Å². The molecule has 2 aliphatic heterocycles. The summed E-state index contributed by atoms with van der Waals surface area (Å²) in [5.74, 6) is 0.00103. The highest BCUT2D eigenvalue weighted by Crippen LogP contribution is 2.37. The maximum absolute atomic E-state index is 13.0. The molecule has 5 heteroatoms. The zero-order chi connectivity index (χ0) is 16.6. The van der Waals surface area contributed by atoms with Crippen LogP contribution in [0.4, 0.5) is 11.4 Å². The smallest absolute Gasteiger partial charge is 0.232 e. The van der Waals surface area contributed by atoms with E-state index in [1.165, 1.54) is 6.92 Å². The lowest BCUT2D eigenvalue weighted by atomic mass is 9.93. The highest BCUT2D eigenvalue weighted by atomic mass is 16.5. The fourth-order valence-corrected chi connectivity index (χ4v) is 3.69. The molecule has 1 N–H and O–H groups in total. The van der Waals surface area contributed by atoms with E-state index in [9.17, 15) is 9.59 Å². The predicted molar refractivity (Wildman–Crippen MR) is 89.7 cm³/mol. The molecular formula is C18H24N2O3. The van der Waals surface area contributed by atoms with Crippen molar-refractivity contribution in [1.29, 1.82) is 0 Å². The van der Waals surface area contributed by atoms with Crippen LogP contribution in [0.25, 0.3) is 0 Å². The first-order valence-electron chi connectivity index (χ1n) is 8.32. The molecule has 1 aromatic rings. The Kier molecular flexibility index (Phi) is 4.39. The molecule has 124 valence electrons. The van der Waals surface area contributed by atoms with Gasteiger partial charge in [0.1, 0.15) is 0 Å². The van der Waals surface area contributed by atoms with E-state index in [0.29, 0.717) is 6.61 Å². The number of rotatable bonds is 2. The molecule has 1 saturated heterocycles. The van der Waals surface area contributed by atoms with E-state index >= 15 is 0 Å². The second-order valence-corrected chi connectivity index (χ2v) is 6.50. The van der Waals surface area contributed by atoms with Crippen molar-refractivity contribution in [3.8, 4) is 0 Å². The van der Waals surface area contributed by atoms with Crippen molar-refractivity contribution in [3.63, 3.8) is 0 Å². The van der Waals surface area contributed by atoms with Gasteiger partial charge in [0.2, 0.25) is 11.8 Å². The Morgan fingerprint density at radius 3 is 2.78 bits per heavy atom. The summed E-state index contributed by atoms with van der Waals surface area (Å²) in [5.41, 5.74) is 3.96. The summed E-state index contributed by atoms with van der Waals surface area (Å²) < 4.78 is 5.57. The van der Waals surface area contributed by atoms with Crippen LogP contribution >= 0.6 is 0 Å². The average molecular weight is 316 g/mol. The highest BCUT2D eigenvalue weighted by Gasteiger charge is 2.36. The second-order valence-electron chi connectivity index (χ2n) is 6.50. The van der Waals surface area contributed by atoms with Gasteiger partial charge < -0.3 is 15.0 Å². The normalized spacial score (nSPS) is 23.5. The Morgan fingerprint density at radius 2 is 2.13 bits per heavy atom. The molecule has 0 radical (unpaired) electrons. The van der Waals surface area contributed by atoms with Gasteiger partial charge in [-0.15, -0.1) is 0 Å². The van der Waals surface area contributed by atoms with Crippen molar-refractivity contribution >= 4 is 23.2 Å². The first-order chi connectivity index (χ1) is 11.0. The number of carbonyl (C=O) groups is 2. The Labute approximate surface area is 137 Å². The van der Waals surface area contributed by atoms with Gasteiger partial charge in [0.25, 0.3) is 0 Å². The number of fused-ring (bicyclic) bond motifs is 1. The summed E-state index contributed by atoms with van der Waals surface area (Å²) in [5, 5.41) is 2.90. The number of aryl methyl sites for hydroxylation is 1. The molecule has 0 bridgehead atoms. The van der Waals surface area contributed by atoms with Crippen LogP contribution in [0.2, 0.25) is 0 Å². The van der Waals surface area contributed by atoms with Gasteiger partial charge in [-0.2, -0.15) is 0 Å². The van der Waals surface area contributed by atoms with Crippen molar-refractivity contribution in [2.45, 2.75) is 46.1 Å². The summed E-state index contributed by atoms with van der Waals surface area (Å²) in [6.45, 7) is 6.90. The van der Waals surface area contributed by atoms with Gasteiger partial charge >= 0.3 is 0 Å². The zero-order valence-corrected chi connectivity index (χ0v) is 14.0. The Morgan fingerprint density at radius 1 is 1.35 bits per heavy atom. The molecule has 1 aromatic carbocycles. The van der Waals surface area contributed by atoms with Gasteiger partial charge in [0.15, 0.2) is 0 Å². The topological polar surface area (TPSA) is 58.6 Å². The maximum atomic E-state index is 13.0. The molecule has 2 atom stereocenters. The van der Waals surface area contributed by atoms with Crippen molar-refractivity contribution in [1.82, 2.24) is 0 Å². The fourth-order valence-electron chi connectivity index (χ4n) is 3.69. The van der Waals surface area contributed by atoms with Crippen molar-refractivity contribution in [2.75, 3.05) is 23.4 Å². The lowest BCUT2D eigenvalue weighted by Crippen LogP contribution is -2.42. The van der Waals surface area contributed by atoms with Crippen LogP contribution < -0.4 is 10.2 Å². The lowest BCUT2D eigenvalue weighted by Gasteiger charge is -2.34. The molecule has 23 heavy (non-hydrogen) atoms. The largest absolute Gasteiger partial charge is 0.378 e. The molecular weight excluding hydrogens is 292 g/mol. The van der Waals surface area contributed by atoms with E-state index in [0.717, 1.165) is 48.3 Å². The van der Waals surface area contributed by atoms with Crippen LogP contribution in [0.3, 0.4) is 0 Å². The average Bonchev–Trinajstić information content (AvgIpc) is 2.94. The van der Waals surface area contributed by atoms with E-state index in [1.54, 1.807) is 0 Å². The molecule has 2 aliphatic rings. The second kappa shape index (κ2) is 6.32. The number of anilines is 2. The molecule has 2 unspecified atom stereocenters. The quantitative estimate of drug-likeness (QED) is 0.912. The van der Waals surface area contributed by atoms with Crippen molar-refractivity contribution in [2.24, 2.45) is 5.92 Å². The number of hydrogen-bond donors (Lipinski definition) is 1. The number of benzene rings is 1. The van der Waals surface area contributed by atoms with E-state index < -0.39 is 0 Å². The highest BCUT2D eigenvalue weighted by molar-refractivity contribution is 5.99. The zero-order valence-electron chi connectivity index (χ0n) is 14.0. The SMILES string of the molecule is CC(=O)Nc1ccc(C)c2c1CCCN2C(=O)C1CCOC1C. The van der Waals surface area contributed by atoms with Gasteiger partial charge in [-0.25, -0.2) is 0 Å². The van der Waals surface area contributed by atoms with Gasteiger partial charge in [-0.05, 0) is 50.3 Å². The summed E-state index contributed by atoms with van der Waals surface area (Å²) in [7, 11) is 0. The molecule has 0 aromatic heterocycles. The molecule has 3 rings (SSSR count). The number of carbonyl (C=O) groups excluding carboxylic acids is 2. The van der Waals surface area contributed by atoms with Gasteiger partial charge in [0.05, 0.1) is 17.7 Å². The van der Waals surface area contributed by atoms with Gasteiger partial charge in [-0.1, -0.05) is 6.07 Å². The molecule has 0 saturated carbocycles. The first-order valence-corrected chi connectivity index (χ1v) is 8.32. The van der Waals surface area contributed by atoms with Crippen LogP contribution in [0.15, 0.2) is 12.1 Å². The summed E-state index contributed by atoms with van der Waals surface area (Å²) in [6.07, 6.45) is 2.56. The molecule has 2 amide bonds. The van der Waals surface area contributed by atoms with Crippen molar-refractivity contribution < 1.29 is 14.3 Å². The maximum Gasteiger partial charge on any atom is 0.232 e. The number of nitrogens with zero attached hydrogens (tertiary/aromatic N) is 1. The van der Waals surface area contributed by atoms with Crippen LogP contribution in [0.5, 0.6) is 0 Å². The molecule has 0 spiro atoms. The van der Waals surface area contributed by atoms with Crippen LogP contribution in [-0.4, -0.2) is 31.1 Å². The summed E-state index contributed by atoms with van der Waals surface area (Å²) in [4.78, 5) is 26.4. The van der Waals surface area contributed by atoms with Crippen LogP contribution in [0.1, 0.15) is 37.8 Å².